The molecule has 2 heterocycles. The molecule has 4 aromatic rings. The Balaban J connectivity index is 1.63. The maximum Gasteiger partial charge on any atom is 0.336 e. The molecule has 0 aliphatic carbocycles. The molecule has 0 saturated heterocycles. The van der Waals surface area contributed by atoms with Gasteiger partial charge >= 0.3 is 5.63 Å². The third-order valence-corrected chi connectivity index (χ3v) is 4.82. The van der Waals surface area contributed by atoms with Crippen LogP contribution in [0, 0.1) is 13.8 Å². The largest absolute Gasteiger partial charge is 0.451 e. The molecular formula is C21H16ClNO4. The zero-order chi connectivity index (χ0) is 19.1. The van der Waals surface area contributed by atoms with Crippen molar-refractivity contribution in [3.8, 4) is 0 Å². The molecule has 1 N–H and O–H groups in total. The van der Waals surface area contributed by atoms with E-state index in [2.05, 4.69) is 5.32 Å². The SMILES string of the molecule is Cc1cc2oc(=O)cc(CNC(=O)c3cc4cc(Cl)ccc4o3)c2cc1C. The molecule has 5 nitrogen and oxygen atoms in total. The molecule has 6 heteroatoms. The Morgan fingerprint density at radius 2 is 1.78 bits per heavy atom. The van der Waals surface area contributed by atoms with E-state index in [1.807, 2.05) is 26.0 Å². The Hall–Kier alpha value is -3.05. The van der Waals surface area contributed by atoms with Crippen molar-refractivity contribution < 1.29 is 13.6 Å². The van der Waals surface area contributed by atoms with Crippen LogP contribution in [-0.2, 0) is 6.54 Å². The van der Waals surface area contributed by atoms with Crippen molar-refractivity contribution in [2.75, 3.05) is 0 Å². The molecule has 2 aromatic carbocycles. The number of rotatable bonds is 3. The zero-order valence-electron chi connectivity index (χ0n) is 14.8. The quantitative estimate of drug-likeness (QED) is 0.520. The van der Waals surface area contributed by atoms with Gasteiger partial charge in [-0.3, -0.25) is 4.79 Å². The third kappa shape index (κ3) is 3.34. The molecule has 0 atom stereocenters. The summed E-state index contributed by atoms with van der Waals surface area (Å²) < 4.78 is 10.8. The molecule has 0 spiro atoms. The lowest BCUT2D eigenvalue weighted by molar-refractivity contribution is 0.0925. The number of amides is 1. The van der Waals surface area contributed by atoms with E-state index in [4.69, 9.17) is 20.4 Å². The van der Waals surface area contributed by atoms with E-state index in [1.54, 1.807) is 24.3 Å². The van der Waals surface area contributed by atoms with Gasteiger partial charge in [0.15, 0.2) is 5.76 Å². The lowest BCUT2D eigenvalue weighted by atomic mass is 10.0. The van der Waals surface area contributed by atoms with Crippen LogP contribution in [0.5, 0.6) is 0 Å². The second-order valence-corrected chi connectivity index (χ2v) is 6.94. The predicted octanol–water partition coefficient (Wildman–Crippen LogP) is 4.74. The summed E-state index contributed by atoms with van der Waals surface area (Å²) in [5.41, 5.74) is 3.45. The molecule has 0 fully saturated rings. The molecule has 0 unspecified atom stereocenters. The van der Waals surface area contributed by atoms with E-state index >= 15 is 0 Å². The normalized spacial score (nSPS) is 11.2. The van der Waals surface area contributed by atoms with Crippen LogP contribution in [0.25, 0.3) is 21.9 Å². The van der Waals surface area contributed by atoms with Crippen molar-refractivity contribution in [3.05, 3.63) is 80.4 Å². The van der Waals surface area contributed by atoms with Crippen LogP contribution in [0.1, 0.15) is 27.2 Å². The number of carbonyl (C=O) groups is 1. The van der Waals surface area contributed by atoms with Crippen molar-refractivity contribution >= 4 is 39.4 Å². The summed E-state index contributed by atoms with van der Waals surface area (Å²) in [5.74, 6) is -0.181. The Labute approximate surface area is 159 Å². The van der Waals surface area contributed by atoms with Gasteiger partial charge in [-0.1, -0.05) is 11.6 Å². The highest BCUT2D eigenvalue weighted by Gasteiger charge is 2.14. The van der Waals surface area contributed by atoms with Gasteiger partial charge < -0.3 is 14.2 Å². The topological polar surface area (TPSA) is 72.5 Å². The molecule has 27 heavy (non-hydrogen) atoms. The standard InChI is InChI=1S/C21H16ClNO4/c1-11-5-16-14(9-20(24)27-18(16)6-12(11)2)10-23-21(25)19-8-13-7-15(22)3-4-17(13)26-19/h3-9H,10H2,1-2H3,(H,23,25). The molecule has 2 aromatic heterocycles. The number of carbonyl (C=O) groups excluding carboxylic acids is 1. The van der Waals surface area contributed by atoms with Crippen LogP contribution in [0.2, 0.25) is 5.02 Å². The predicted molar refractivity (Wildman–Crippen MR) is 104 cm³/mol. The van der Waals surface area contributed by atoms with Crippen LogP contribution in [0.15, 0.2) is 56.1 Å². The lowest BCUT2D eigenvalue weighted by Crippen LogP contribution is -2.23. The molecular weight excluding hydrogens is 366 g/mol. The minimum atomic E-state index is -0.451. The summed E-state index contributed by atoms with van der Waals surface area (Å²) in [5, 5.41) is 4.93. The maximum absolute atomic E-state index is 12.5. The average molecular weight is 382 g/mol. The molecule has 1 amide bonds. The smallest absolute Gasteiger partial charge is 0.336 e. The van der Waals surface area contributed by atoms with E-state index in [0.717, 1.165) is 21.9 Å². The van der Waals surface area contributed by atoms with Crippen LogP contribution >= 0.6 is 11.6 Å². The molecule has 0 radical (unpaired) electrons. The van der Waals surface area contributed by atoms with Crippen molar-refractivity contribution in [2.24, 2.45) is 0 Å². The van der Waals surface area contributed by atoms with Crippen LogP contribution in [0.4, 0.5) is 0 Å². The summed E-state index contributed by atoms with van der Waals surface area (Å²) >= 11 is 5.96. The van der Waals surface area contributed by atoms with Crippen LogP contribution < -0.4 is 10.9 Å². The number of furan rings is 1. The Bertz CT molecular complexity index is 1250. The van der Waals surface area contributed by atoms with Gasteiger partial charge in [-0.15, -0.1) is 0 Å². The van der Waals surface area contributed by atoms with E-state index in [1.165, 1.54) is 6.07 Å². The lowest BCUT2D eigenvalue weighted by Gasteiger charge is -2.09. The molecule has 0 saturated carbocycles. The minimum absolute atomic E-state index is 0.182. The van der Waals surface area contributed by atoms with Gasteiger partial charge in [0.2, 0.25) is 0 Å². The monoisotopic (exact) mass is 381 g/mol. The fourth-order valence-electron chi connectivity index (χ4n) is 3.02. The van der Waals surface area contributed by atoms with Gasteiger partial charge in [0.25, 0.3) is 5.91 Å². The van der Waals surface area contributed by atoms with Gasteiger partial charge in [0, 0.05) is 28.4 Å². The molecule has 0 aliphatic heterocycles. The Morgan fingerprint density at radius 3 is 2.59 bits per heavy atom. The number of aryl methyl sites for hydroxylation is 2. The number of nitrogens with one attached hydrogen (secondary N) is 1. The fraction of sp³-hybridized carbons (Fsp3) is 0.143. The second-order valence-electron chi connectivity index (χ2n) is 6.50. The summed E-state index contributed by atoms with van der Waals surface area (Å²) in [4.78, 5) is 24.3. The van der Waals surface area contributed by atoms with E-state index in [-0.39, 0.29) is 18.2 Å². The number of benzene rings is 2. The first-order chi connectivity index (χ1) is 12.9. The van der Waals surface area contributed by atoms with Gasteiger partial charge in [0.05, 0.1) is 0 Å². The minimum Gasteiger partial charge on any atom is -0.451 e. The fourth-order valence-corrected chi connectivity index (χ4v) is 3.20. The highest BCUT2D eigenvalue weighted by molar-refractivity contribution is 6.31. The summed E-state index contributed by atoms with van der Waals surface area (Å²) in [6.07, 6.45) is 0. The van der Waals surface area contributed by atoms with Gasteiger partial charge in [0.1, 0.15) is 11.2 Å². The Morgan fingerprint density at radius 1 is 1.00 bits per heavy atom. The number of fused-ring (bicyclic) bond motifs is 2. The molecule has 136 valence electrons. The average Bonchev–Trinajstić information content (AvgIpc) is 3.04. The summed E-state index contributed by atoms with van der Waals surface area (Å²) in [6.45, 7) is 4.13. The van der Waals surface area contributed by atoms with Gasteiger partial charge in [-0.05, 0) is 66.9 Å². The van der Waals surface area contributed by atoms with Gasteiger partial charge in [-0.25, -0.2) is 4.79 Å². The van der Waals surface area contributed by atoms with E-state index in [0.29, 0.717) is 21.8 Å². The number of hydrogen-bond acceptors (Lipinski definition) is 4. The van der Waals surface area contributed by atoms with E-state index < -0.39 is 5.63 Å². The first kappa shape index (κ1) is 17.4. The summed E-state index contributed by atoms with van der Waals surface area (Å²) in [6, 6.07) is 12.0. The summed E-state index contributed by atoms with van der Waals surface area (Å²) in [7, 11) is 0. The van der Waals surface area contributed by atoms with Crippen molar-refractivity contribution in [1.29, 1.82) is 0 Å². The van der Waals surface area contributed by atoms with Gasteiger partial charge in [-0.2, -0.15) is 0 Å². The van der Waals surface area contributed by atoms with Crippen LogP contribution in [-0.4, -0.2) is 5.91 Å². The van der Waals surface area contributed by atoms with E-state index in [9.17, 15) is 9.59 Å². The first-order valence-electron chi connectivity index (χ1n) is 8.42. The molecule has 0 aliphatic rings. The molecule has 0 bridgehead atoms. The highest BCUT2D eigenvalue weighted by atomic mass is 35.5. The highest BCUT2D eigenvalue weighted by Crippen LogP contribution is 2.24. The third-order valence-electron chi connectivity index (χ3n) is 4.59. The number of hydrogen-bond donors (Lipinski definition) is 1. The number of halogens is 1. The molecule has 4 rings (SSSR count). The van der Waals surface area contributed by atoms with Crippen molar-refractivity contribution in [2.45, 2.75) is 20.4 Å². The second kappa shape index (κ2) is 6.59. The zero-order valence-corrected chi connectivity index (χ0v) is 15.5. The Kier molecular flexibility index (Phi) is 4.24. The van der Waals surface area contributed by atoms with Crippen molar-refractivity contribution in [1.82, 2.24) is 5.32 Å². The van der Waals surface area contributed by atoms with Crippen molar-refractivity contribution in [3.63, 3.8) is 0 Å². The first-order valence-corrected chi connectivity index (χ1v) is 8.80. The van der Waals surface area contributed by atoms with Crippen LogP contribution in [0.3, 0.4) is 0 Å². The maximum atomic E-state index is 12.5.